The Bertz CT molecular complexity index is 816. The fourth-order valence-corrected chi connectivity index (χ4v) is 5.26. The molecule has 2 aliphatic rings. The number of ketones is 2. The lowest BCUT2D eigenvalue weighted by Crippen LogP contribution is -2.50. The molecule has 7 heteroatoms. The van der Waals surface area contributed by atoms with Crippen molar-refractivity contribution in [3.8, 4) is 0 Å². The summed E-state index contributed by atoms with van der Waals surface area (Å²) in [6.07, 6.45) is 1.42. The summed E-state index contributed by atoms with van der Waals surface area (Å²) in [4.78, 5) is 40.9. The predicted molar refractivity (Wildman–Crippen MR) is 118 cm³/mol. The number of Topliss-reactive ketones (excluding diaryl/α,β-unsaturated/α-hetero) is 2. The molecule has 156 valence electrons. The number of hydrogen-bond donors (Lipinski definition) is 0. The fraction of sp³-hybridized carbons (Fsp3) is 0.545. The van der Waals surface area contributed by atoms with E-state index in [1.165, 1.54) is 11.8 Å². The Kier molecular flexibility index (Phi) is 6.79. The van der Waals surface area contributed by atoms with Crippen LogP contribution in [0.3, 0.4) is 0 Å². The molecule has 0 N–H and O–H groups in total. The van der Waals surface area contributed by atoms with Crippen molar-refractivity contribution in [2.45, 2.75) is 46.1 Å². The number of carbonyl (C=O) groups excluding carboxylic acids is 3. The molecular weight excluding hydrogens is 406 g/mol. The predicted octanol–water partition coefficient (Wildman–Crippen LogP) is 3.74. The van der Waals surface area contributed by atoms with E-state index in [-0.39, 0.29) is 28.6 Å². The van der Waals surface area contributed by atoms with Crippen molar-refractivity contribution in [3.05, 3.63) is 35.4 Å². The van der Waals surface area contributed by atoms with Crippen LogP contribution in [0.5, 0.6) is 0 Å². The summed E-state index contributed by atoms with van der Waals surface area (Å²) < 4.78 is 5.59. The highest BCUT2D eigenvalue weighted by atomic mass is 32.2. The largest absolute Gasteiger partial charge is 0.479 e. The standard InChI is InChI=1S/C22H27NO4S2/c1-4-27-21(28)29-13-18(26)23-10-9-14-7-5-6-8-15(14)20(23)19-16(24)11-22(2,3)12-17(19)25/h5-8,19-20H,4,9-13H2,1-3H3. The van der Waals surface area contributed by atoms with Gasteiger partial charge in [-0.15, -0.1) is 0 Å². The van der Waals surface area contributed by atoms with Gasteiger partial charge in [0.1, 0.15) is 17.5 Å². The van der Waals surface area contributed by atoms with E-state index >= 15 is 0 Å². The Balaban J connectivity index is 1.90. The molecule has 0 bridgehead atoms. The van der Waals surface area contributed by atoms with Crippen LogP contribution in [0, 0.1) is 11.3 Å². The van der Waals surface area contributed by atoms with Crippen LogP contribution in [-0.4, -0.2) is 45.7 Å². The molecule has 0 spiro atoms. The van der Waals surface area contributed by atoms with Crippen LogP contribution in [0.4, 0.5) is 0 Å². The number of benzene rings is 1. The van der Waals surface area contributed by atoms with Gasteiger partial charge in [-0.3, -0.25) is 14.4 Å². The molecule has 1 unspecified atom stereocenters. The van der Waals surface area contributed by atoms with Gasteiger partial charge in [0.05, 0.1) is 18.4 Å². The van der Waals surface area contributed by atoms with E-state index in [1.54, 1.807) is 4.90 Å². The van der Waals surface area contributed by atoms with Crippen LogP contribution in [0.15, 0.2) is 24.3 Å². The lowest BCUT2D eigenvalue weighted by Gasteiger charge is -2.43. The topological polar surface area (TPSA) is 63.7 Å². The summed E-state index contributed by atoms with van der Waals surface area (Å²) in [6.45, 7) is 6.68. The molecule has 1 heterocycles. The van der Waals surface area contributed by atoms with E-state index in [4.69, 9.17) is 17.0 Å². The minimum absolute atomic E-state index is 0.0664. The van der Waals surface area contributed by atoms with Crippen LogP contribution in [-0.2, 0) is 25.5 Å². The number of nitrogens with zero attached hydrogens (tertiary/aromatic N) is 1. The van der Waals surface area contributed by atoms with Gasteiger partial charge in [-0.05, 0) is 42.1 Å². The number of ether oxygens (including phenoxy) is 1. The molecule has 3 rings (SSSR count). The van der Waals surface area contributed by atoms with Crippen molar-refractivity contribution in [3.63, 3.8) is 0 Å². The van der Waals surface area contributed by atoms with E-state index in [0.717, 1.165) is 11.1 Å². The first kappa shape index (κ1) is 22.0. The summed E-state index contributed by atoms with van der Waals surface area (Å²) in [7, 11) is 0. The third-order valence-electron chi connectivity index (χ3n) is 5.54. The van der Waals surface area contributed by atoms with Gasteiger partial charge in [-0.25, -0.2) is 0 Å². The molecule has 1 amide bonds. The van der Waals surface area contributed by atoms with Gasteiger partial charge in [-0.1, -0.05) is 49.9 Å². The number of hydrogen-bond acceptors (Lipinski definition) is 6. The molecule has 1 fully saturated rings. The average molecular weight is 434 g/mol. The first-order chi connectivity index (χ1) is 13.7. The molecule has 1 aliphatic carbocycles. The van der Waals surface area contributed by atoms with Crippen molar-refractivity contribution >= 4 is 45.8 Å². The van der Waals surface area contributed by atoms with E-state index in [1.807, 2.05) is 45.0 Å². The van der Waals surface area contributed by atoms with Crippen LogP contribution < -0.4 is 0 Å². The number of thioether (sulfide) groups is 1. The summed E-state index contributed by atoms with van der Waals surface area (Å²) in [5, 5.41) is 0. The van der Waals surface area contributed by atoms with Crippen LogP contribution in [0.1, 0.15) is 50.8 Å². The SMILES string of the molecule is CCOC(=S)SCC(=O)N1CCc2ccccc2C1C1C(=O)CC(C)(C)CC1=O. The number of fused-ring (bicyclic) bond motifs is 1. The summed E-state index contributed by atoms with van der Waals surface area (Å²) in [5.74, 6) is -0.913. The molecule has 0 saturated heterocycles. The Morgan fingerprint density at radius 2 is 1.90 bits per heavy atom. The van der Waals surface area contributed by atoms with Crippen molar-refractivity contribution in [2.75, 3.05) is 18.9 Å². The van der Waals surface area contributed by atoms with E-state index in [9.17, 15) is 14.4 Å². The Hall–Kier alpha value is -1.73. The summed E-state index contributed by atoms with van der Waals surface area (Å²) >= 11 is 6.30. The molecule has 1 saturated carbocycles. The molecule has 1 aliphatic heterocycles. The summed E-state index contributed by atoms with van der Waals surface area (Å²) in [6, 6.07) is 7.28. The van der Waals surface area contributed by atoms with Gasteiger partial charge in [0.2, 0.25) is 10.3 Å². The molecule has 5 nitrogen and oxygen atoms in total. The third kappa shape index (κ3) is 4.89. The first-order valence-electron chi connectivity index (χ1n) is 9.96. The van der Waals surface area contributed by atoms with Crippen molar-refractivity contribution in [1.82, 2.24) is 4.90 Å². The van der Waals surface area contributed by atoms with Gasteiger partial charge in [0, 0.05) is 19.4 Å². The fourth-order valence-electron chi connectivity index (χ4n) is 4.36. The quantitative estimate of drug-likeness (QED) is 0.532. The van der Waals surface area contributed by atoms with Crippen LogP contribution >= 0.6 is 24.0 Å². The zero-order valence-electron chi connectivity index (χ0n) is 17.1. The van der Waals surface area contributed by atoms with Crippen molar-refractivity contribution < 1.29 is 19.1 Å². The number of carbonyl (C=O) groups is 3. The lowest BCUT2D eigenvalue weighted by molar-refractivity contribution is -0.146. The molecule has 29 heavy (non-hydrogen) atoms. The van der Waals surface area contributed by atoms with Gasteiger partial charge in [0.25, 0.3) is 0 Å². The average Bonchev–Trinajstić information content (AvgIpc) is 2.65. The minimum Gasteiger partial charge on any atom is -0.479 e. The first-order valence-corrected chi connectivity index (χ1v) is 11.3. The monoisotopic (exact) mass is 433 g/mol. The molecular formula is C22H27NO4S2. The van der Waals surface area contributed by atoms with Crippen molar-refractivity contribution in [1.29, 1.82) is 0 Å². The number of amides is 1. The lowest BCUT2D eigenvalue weighted by atomic mass is 9.67. The molecule has 0 aromatic heterocycles. The van der Waals surface area contributed by atoms with Gasteiger partial charge in [-0.2, -0.15) is 0 Å². The second-order valence-electron chi connectivity index (χ2n) is 8.38. The zero-order valence-corrected chi connectivity index (χ0v) is 18.7. The van der Waals surface area contributed by atoms with E-state index < -0.39 is 12.0 Å². The maximum absolute atomic E-state index is 13.1. The highest BCUT2D eigenvalue weighted by Crippen LogP contribution is 2.43. The minimum atomic E-state index is -0.794. The van der Waals surface area contributed by atoms with Gasteiger partial charge >= 0.3 is 0 Å². The smallest absolute Gasteiger partial charge is 0.233 e. The highest BCUT2D eigenvalue weighted by Gasteiger charge is 2.48. The second-order valence-corrected chi connectivity index (χ2v) is 9.96. The zero-order chi connectivity index (χ0) is 21.2. The van der Waals surface area contributed by atoms with Crippen molar-refractivity contribution in [2.24, 2.45) is 11.3 Å². The van der Waals surface area contributed by atoms with Gasteiger partial charge < -0.3 is 9.64 Å². The van der Waals surface area contributed by atoms with Crippen LogP contribution in [0.25, 0.3) is 0 Å². The van der Waals surface area contributed by atoms with Crippen LogP contribution in [0.2, 0.25) is 0 Å². The number of thiocarbonyl (C=S) groups is 1. The normalized spacial score (nSPS) is 21.6. The van der Waals surface area contributed by atoms with E-state index in [2.05, 4.69) is 0 Å². The molecule has 1 aromatic rings. The highest BCUT2D eigenvalue weighted by molar-refractivity contribution is 8.23. The molecule has 0 radical (unpaired) electrons. The Labute approximate surface area is 181 Å². The second kappa shape index (κ2) is 8.96. The molecule has 1 aromatic carbocycles. The third-order valence-corrected chi connectivity index (χ3v) is 6.76. The Morgan fingerprint density at radius 3 is 2.55 bits per heavy atom. The number of rotatable bonds is 4. The molecule has 1 atom stereocenters. The van der Waals surface area contributed by atoms with Gasteiger partial charge in [0.15, 0.2) is 0 Å². The maximum Gasteiger partial charge on any atom is 0.233 e. The van der Waals surface area contributed by atoms with E-state index in [0.29, 0.717) is 36.8 Å². The maximum atomic E-state index is 13.1. The summed E-state index contributed by atoms with van der Waals surface area (Å²) in [5.41, 5.74) is 1.69. The Morgan fingerprint density at radius 1 is 1.24 bits per heavy atom.